The Bertz CT molecular complexity index is 873. The second-order valence-electron chi connectivity index (χ2n) is 7.17. The Kier molecular flexibility index (Phi) is 6.14. The van der Waals surface area contributed by atoms with E-state index >= 15 is 0 Å². The number of fused-ring (bicyclic) bond motifs is 1. The molecule has 10 heteroatoms. The van der Waals surface area contributed by atoms with E-state index in [9.17, 15) is 19.2 Å². The van der Waals surface area contributed by atoms with Crippen molar-refractivity contribution in [1.82, 2.24) is 20.4 Å². The lowest BCUT2D eigenvalue weighted by Gasteiger charge is -2.26. The van der Waals surface area contributed by atoms with Crippen LogP contribution in [-0.2, 0) is 19.9 Å². The molecule has 2 aliphatic heterocycles. The number of hydrogen-bond donors (Lipinski definition) is 2. The second-order valence-corrected chi connectivity index (χ2v) is 7.17. The van der Waals surface area contributed by atoms with Crippen LogP contribution in [0, 0.1) is 0 Å². The van der Waals surface area contributed by atoms with Crippen molar-refractivity contribution in [3.63, 3.8) is 0 Å². The highest BCUT2D eigenvalue weighted by molar-refractivity contribution is 6.09. The van der Waals surface area contributed by atoms with Gasteiger partial charge in [-0.3, -0.25) is 19.3 Å². The van der Waals surface area contributed by atoms with Crippen LogP contribution in [-0.4, -0.2) is 72.9 Å². The molecule has 1 aromatic carbocycles. The first-order chi connectivity index (χ1) is 14.3. The van der Waals surface area contributed by atoms with Crippen LogP contribution >= 0.6 is 0 Å². The number of hydrogen-bond acceptors (Lipinski definition) is 6. The van der Waals surface area contributed by atoms with Crippen LogP contribution in [0.15, 0.2) is 18.2 Å². The highest BCUT2D eigenvalue weighted by atomic mass is 16.6. The molecule has 0 bridgehead atoms. The Hall–Kier alpha value is -3.30. The molecule has 2 heterocycles. The lowest BCUT2D eigenvalue weighted by Crippen LogP contribution is -2.47. The Morgan fingerprint density at radius 1 is 1.20 bits per heavy atom. The quantitative estimate of drug-likeness (QED) is 0.612. The molecule has 1 aromatic rings. The smallest absolute Gasteiger partial charge is 0.325 e. The molecule has 0 saturated carbocycles. The van der Waals surface area contributed by atoms with Crippen LogP contribution in [0.25, 0.3) is 0 Å². The number of nitrogens with one attached hydrogen (secondary N) is 2. The minimum Gasteiger partial charge on any atom is -0.486 e. The summed E-state index contributed by atoms with van der Waals surface area (Å²) in [7, 11) is 0. The molecule has 1 atom stereocenters. The fourth-order valence-corrected chi connectivity index (χ4v) is 3.43. The van der Waals surface area contributed by atoms with Gasteiger partial charge in [-0.25, -0.2) is 4.79 Å². The molecule has 0 unspecified atom stereocenters. The molecule has 2 N–H and O–H groups in total. The number of carbonyl (C=O) groups excluding carboxylic acids is 4. The lowest BCUT2D eigenvalue weighted by atomic mass is 9.91. The number of urea groups is 1. The predicted molar refractivity (Wildman–Crippen MR) is 106 cm³/mol. The zero-order valence-corrected chi connectivity index (χ0v) is 17.3. The van der Waals surface area contributed by atoms with Crippen LogP contribution in [0.3, 0.4) is 0 Å². The molecule has 5 amide bonds. The number of nitrogens with zero attached hydrogens (tertiary/aromatic N) is 2. The maximum absolute atomic E-state index is 13.1. The monoisotopic (exact) mass is 418 g/mol. The molecular formula is C20H26N4O6. The SMILES string of the molecule is CCNC(=O)CN(CC)C(=O)CN1C(=O)N[C@](C)(c2ccc3c(c2)OCCO3)C1=O. The minimum atomic E-state index is -1.34. The Morgan fingerprint density at radius 2 is 1.90 bits per heavy atom. The van der Waals surface area contributed by atoms with Gasteiger partial charge in [0.2, 0.25) is 11.8 Å². The summed E-state index contributed by atoms with van der Waals surface area (Å²) in [6.45, 7) is 6.07. The van der Waals surface area contributed by atoms with E-state index < -0.39 is 29.9 Å². The van der Waals surface area contributed by atoms with Gasteiger partial charge in [0.15, 0.2) is 11.5 Å². The van der Waals surface area contributed by atoms with Gasteiger partial charge < -0.3 is 25.0 Å². The van der Waals surface area contributed by atoms with Crippen molar-refractivity contribution in [2.45, 2.75) is 26.3 Å². The number of rotatable bonds is 7. The molecular weight excluding hydrogens is 392 g/mol. The van der Waals surface area contributed by atoms with E-state index in [1.807, 2.05) is 0 Å². The number of amides is 5. The van der Waals surface area contributed by atoms with E-state index in [0.29, 0.717) is 36.8 Å². The van der Waals surface area contributed by atoms with Crippen molar-refractivity contribution < 1.29 is 28.7 Å². The topological polar surface area (TPSA) is 117 Å². The first-order valence-corrected chi connectivity index (χ1v) is 9.88. The molecule has 0 radical (unpaired) electrons. The van der Waals surface area contributed by atoms with Gasteiger partial charge in [0.05, 0.1) is 6.54 Å². The van der Waals surface area contributed by atoms with Crippen LogP contribution in [0.1, 0.15) is 26.3 Å². The average Bonchev–Trinajstić information content (AvgIpc) is 2.95. The van der Waals surface area contributed by atoms with Crippen LogP contribution in [0.2, 0.25) is 0 Å². The van der Waals surface area contributed by atoms with Crippen molar-refractivity contribution in [3.8, 4) is 11.5 Å². The minimum absolute atomic E-state index is 0.133. The van der Waals surface area contributed by atoms with E-state index in [2.05, 4.69) is 10.6 Å². The molecule has 0 aromatic heterocycles. The first kappa shape index (κ1) is 21.4. The van der Waals surface area contributed by atoms with Gasteiger partial charge in [-0.1, -0.05) is 6.07 Å². The molecule has 30 heavy (non-hydrogen) atoms. The van der Waals surface area contributed by atoms with Crippen molar-refractivity contribution >= 4 is 23.8 Å². The third kappa shape index (κ3) is 4.03. The maximum Gasteiger partial charge on any atom is 0.325 e. The van der Waals surface area contributed by atoms with Gasteiger partial charge in [-0.05, 0) is 38.5 Å². The molecule has 1 saturated heterocycles. The highest BCUT2D eigenvalue weighted by Crippen LogP contribution is 2.36. The van der Waals surface area contributed by atoms with Crippen LogP contribution in [0.5, 0.6) is 11.5 Å². The average molecular weight is 418 g/mol. The van der Waals surface area contributed by atoms with E-state index in [1.54, 1.807) is 39.0 Å². The van der Waals surface area contributed by atoms with Gasteiger partial charge in [-0.2, -0.15) is 0 Å². The molecule has 0 spiro atoms. The number of ether oxygens (including phenoxy) is 2. The number of carbonyl (C=O) groups is 4. The van der Waals surface area contributed by atoms with Crippen molar-refractivity contribution in [2.75, 3.05) is 39.4 Å². The highest BCUT2D eigenvalue weighted by Gasteiger charge is 2.50. The lowest BCUT2D eigenvalue weighted by molar-refractivity contribution is -0.140. The largest absolute Gasteiger partial charge is 0.486 e. The van der Waals surface area contributed by atoms with Gasteiger partial charge >= 0.3 is 6.03 Å². The van der Waals surface area contributed by atoms with Gasteiger partial charge in [0.25, 0.3) is 5.91 Å². The van der Waals surface area contributed by atoms with Crippen LogP contribution < -0.4 is 20.1 Å². The standard InChI is InChI=1S/C20H26N4O6/c1-4-21-16(25)11-23(5-2)17(26)12-24-18(27)20(3,22-19(24)28)13-6-7-14-15(10-13)30-9-8-29-14/h6-7,10H,4-5,8-9,11-12H2,1-3H3,(H,21,25)(H,22,28)/t20-/m1/s1. The number of likely N-dealkylation sites (N-methyl/N-ethyl adjacent to an activating group) is 2. The molecule has 2 aliphatic rings. The molecule has 3 rings (SSSR count). The Balaban J connectivity index is 1.75. The van der Waals surface area contributed by atoms with Crippen LogP contribution in [0.4, 0.5) is 4.79 Å². The third-order valence-electron chi connectivity index (χ3n) is 5.13. The summed E-state index contributed by atoms with van der Waals surface area (Å²) in [5.41, 5.74) is -0.821. The zero-order valence-electron chi connectivity index (χ0n) is 17.3. The summed E-state index contributed by atoms with van der Waals surface area (Å²) in [4.78, 5) is 52.2. The van der Waals surface area contributed by atoms with Gasteiger partial charge in [0.1, 0.15) is 25.3 Å². The molecule has 162 valence electrons. The second kappa shape index (κ2) is 8.60. The van der Waals surface area contributed by atoms with Gasteiger partial charge in [-0.15, -0.1) is 0 Å². The molecule has 10 nitrogen and oxygen atoms in total. The van der Waals surface area contributed by atoms with Crippen molar-refractivity contribution in [1.29, 1.82) is 0 Å². The van der Waals surface area contributed by atoms with Gasteiger partial charge in [0, 0.05) is 13.1 Å². The predicted octanol–water partition coefficient (Wildman–Crippen LogP) is 0.209. The Labute approximate surface area is 174 Å². The Morgan fingerprint density at radius 3 is 2.57 bits per heavy atom. The summed E-state index contributed by atoms with van der Waals surface area (Å²) in [6, 6.07) is 4.36. The van der Waals surface area contributed by atoms with E-state index in [1.165, 1.54) is 4.90 Å². The number of benzene rings is 1. The summed E-state index contributed by atoms with van der Waals surface area (Å²) in [6.07, 6.45) is 0. The number of imide groups is 1. The summed E-state index contributed by atoms with van der Waals surface area (Å²) >= 11 is 0. The summed E-state index contributed by atoms with van der Waals surface area (Å²) in [5, 5.41) is 5.29. The summed E-state index contributed by atoms with van der Waals surface area (Å²) < 4.78 is 11.1. The third-order valence-corrected chi connectivity index (χ3v) is 5.13. The zero-order chi connectivity index (χ0) is 21.9. The maximum atomic E-state index is 13.1. The molecule has 1 fully saturated rings. The van der Waals surface area contributed by atoms with E-state index in [0.717, 1.165) is 4.90 Å². The van der Waals surface area contributed by atoms with E-state index in [-0.39, 0.29) is 19.0 Å². The normalized spacial score (nSPS) is 20.0. The first-order valence-electron chi connectivity index (χ1n) is 9.88. The fraction of sp³-hybridized carbons (Fsp3) is 0.500. The fourth-order valence-electron chi connectivity index (χ4n) is 3.43. The van der Waals surface area contributed by atoms with Crippen molar-refractivity contribution in [2.24, 2.45) is 0 Å². The summed E-state index contributed by atoms with van der Waals surface area (Å²) in [5.74, 6) is -0.270. The van der Waals surface area contributed by atoms with E-state index in [4.69, 9.17) is 9.47 Å². The van der Waals surface area contributed by atoms with Crippen molar-refractivity contribution in [3.05, 3.63) is 23.8 Å². The molecule has 0 aliphatic carbocycles.